The van der Waals surface area contributed by atoms with Gasteiger partial charge in [0, 0.05) is 31.8 Å². The smallest absolute Gasteiger partial charge is 0.0674 e. The summed E-state index contributed by atoms with van der Waals surface area (Å²) in [5.74, 6) is 0. The maximum Gasteiger partial charge on any atom is 0.0674 e. The van der Waals surface area contributed by atoms with Gasteiger partial charge >= 0.3 is 0 Å². The molecule has 0 spiro atoms. The first-order chi connectivity index (χ1) is 7.29. The molecule has 1 N–H and O–H groups in total. The fraction of sp³-hybridized carbons (Fsp3) is 1.00. The fourth-order valence-electron chi connectivity index (χ4n) is 2.91. The molecule has 0 aromatic heterocycles. The minimum Gasteiger partial charge on any atom is -0.377 e. The fourth-order valence-corrected chi connectivity index (χ4v) is 2.91. The summed E-state index contributed by atoms with van der Waals surface area (Å²) in [6, 6.07) is 1.54. The minimum atomic E-state index is 0.418. The number of hydrogen-bond acceptors (Lipinski definition) is 3. The summed E-state index contributed by atoms with van der Waals surface area (Å²) in [4.78, 5) is 2.65. The van der Waals surface area contributed by atoms with Crippen molar-refractivity contribution >= 4 is 0 Å². The molecule has 0 aromatic carbocycles. The summed E-state index contributed by atoms with van der Waals surface area (Å²) in [5.41, 5.74) is 0. The molecular weight excluding hydrogens is 188 g/mol. The van der Waals surface area contributed by atoms with E-state index in [0.29, 0.717) is 6.10 Å². The molecule has 2 rings (SSSR count). The predicted octanol–water partition coefficient (Wildman–Crippen LogP) is 1.24. The van der Waals surface area contributed by atoms with Crippen LogP contribution in [0.15, 0.2) is 0 Å². The van der Waals surface area contributed by atoms with Gasteiger partial charge in [-0.1, -0.05) is 0 Å². The molecule has 3 unspecified atom stereocenters. The molecule has 0 bridgehead atoms. The molecule has 1 aliphatic heterocycles. The Labute approximate surface area is 93.2 Å². The number of hydrogen-bond donors (Lipinski definition) is 1. The molecule has 1 saturated carbocycles. The van der Waals surface area contributed by atoms with E-state index in [1.807, 2.05) is 0 Å². The van der Waals surface area contributed by atoms with Gasteiger partial charge < -0.3 is 10.1 Å². The van der Waals surface area contributed by atoms with Gasteiger partial charge in [-0.15, -0.1) is 0 Å². The van der Waals surface area contributed by atoms with Crippen molar-refractivity contribution in [2.45, 2.75) is 50.8 Å². The predicted molar refractivity (Wildman–Crippen MR) is 62.1 cm³/mol. The Hall–Kier alpha value is -0.120. The van der Waals surface area contributed by atoms with E-state index < -0.39 is 0 Å². The molecular formula is C12H24N2O. The van der Waals surface area contributed by atoms with Crippen molar-refractivity contribution in [3.8, 4) is 0 Å². The van der Waals surface area contributed by atoms with Crippen LogP contribution in [0.25, 0.3) is 0 Å². The third-order valence-electron chi connectivity index (χ3n) is 3.81. The summed E-state index contributed by atoms with van der Waals surface area (Å²) in [6.07, 6.45) is 5.64. The summed E-state index contributed by atoms with van der Waals surface area (Å²) >= 11 is 0. The monoisotopic (exact) mass is 212 g/mol. The van der Waals surface area contributed by atoms with Crippen LogP contribution in [-0.2, 0) is 4.74 Å². The van der Waals surface area contributed by atoms with Crippen LogP contribution in [-0.4, -0.2) is 49.8 Å². The van der Waals surface area contributed by atoms with Crippen LogP contribution in [0.2, 0.25) is 0 Å². The molecule has 1 saturated heterocycles. The lowest BCUT2D eigenvalue weighted by Crippen LogP contribution is -2.38. The zero-order valence-corrected chi connectivity index (χ0v) is 10.0. The lowest BCUT2D eigenvalue weighted by Gasteiger charge is -2.28. The van der Waals surface area contributed by atoms with Crippen LogP contribution < -0.4 is 5.32 Å². The lowest BCUT2D eigenvalue weighted by molar-refractivity contribution is 0.0609. The van der Waals surface area contributed by atoms with Crippen LogP contribution in [0.1, 0.15) is 32.6 Å². The number of ether oxygens (including phenoxy) is 1. The SMILES string of the molecule is CNC1CCC(N2CCCOC(C)C2)C1. The summed E-state index contributed by atoms with van der Waals surface area (Å²) in [7, 11) is 2.08. The standard InChI is InChI=1S/C12H24N2O/c1-10-9-14(6-3-7-15-10)12-5-4-11(8-12)13-2/h10-13H,3-9H2,1-2H3. The second kappa shape index (κ2) is 5.28. The Kier molecular flexibility index (Phi) is 4.00. The Morgan fingerprint density at radius 3 is 2.93 bits per heavy atom. The number of rotatable bonds is 2. The van der Waals surface area contributed by atoms with Gasteiger partial charge in [0.05, 0.1) is 6.10 Å². The topological polar surface area (TPSA) is 24.5 Å². The second-order valence-electron chi connectivity index (χ2n) is 4.98. The van der Waals surface area contributed by atoms with Crippen LogP contribution in [0.3, 0.4) is 0 Å². The van der Waals surface area contributed by atoms with Crippen molar-refractivity contribution in [1.82, 2.24) is 10.2 Å². The lowest BCUT2D eigenvalue weighted by atomic mass is 10.2. The Balaban J connectivity index is 1.86. The quantitative estimate of drug-likeness (QED) is 0.745. The maximum absolute atomic E-state index is 5.69. The molecule has 0 aromatic rings. The van der Waals surface area contributed by atoms with Crippen molar-refractivity contribution < 1.29 is 4.74 Å². The summed E-state index contributed by atoms with van der Waals surface area (Å²) in [5, 5.41) is 3.40. The van der Waals surface area contributed by atoms with Gasteiger partial charge in [0.15, 0.2) is 0 Å². The zero-order valence-electron chi connectivity index (χ0n) is 10.0. The van der Waals surface area contributed by atoms with Crippen molar-refractivity contribution in [1.29, 1.82) is 0 Å². The van der Waals surface area contributed by atoms with Gasteiger partial charge in [-0.05, 0) is 39.7 Å². The first kappa shape index (κ1) is 11.4. The highest BCUT2D eigenvalue weighted by molar-refractivity contribution is 4.87. The first-order valence-corrected chi connectivity index (χ1v) is 6.32. The molecule has 0 radical (unpaired) electrons. The zero-order chi connectivity index (χ0) is 10.7. The van der Waals surface area contributed by atoms with E-state index in [1.165, 1.54) is 32.2 Å². The number of nitrogens with one attached hydrogen (secondary N) is 1. The number of nitrogens with zero attached hydrogens (tertiary/aromatic N) is 1. The third-order valence-corrected chi connectivity index (χ3v) is 3.81. The van der Waals surface area contributed by atoms with E-state index in [4.69, 9.17) is 4.74 Å². The van der Waals surface area contributed by atoms with Crippen LogP contribution >= 0.6 is 0 Å². The molecule has 15 heavy (non-hydrogen) atoms. The average molecular weight is 212 g/mol. The highest BCUT2D eigenvalue weighted by Gasteiger charge is 2.29. The van der Waals surface area contributed by atoms with E-state index >= 15 is 0 Å². The third kappa shape index (κ3) is 2.92. The molecule has 3 atom stereocenters. The summed E-state index contributed by atoms with van der Waals surface area (Å²) < 4.78 is 5.69. The normalized spacial score (nSPS) is 39.2. The molecule has 1 heterocycles. The van der Waals surface area contributed by atoms with E-state index in [-0.39, 0.29) is 0 Å². The van der Waals surface area contributed by atoms with Crippen molar-refractivity contribution in [2.75, 3.05) is 26.7 Å². The summed E-state index contributed by atoms with van der Waals surface area (Å²) in [6.45, 7) is 5.50. The van der Waals surface area contributed by atoms with E-state index in [9.17, 15) is 0 Å². The molecule has 2 fully saturated rings. The van der Waals surface area contributed by atoms with E-state index in [0.717, 1.165) is 25.2 Å². The van der Waals surface area contributed by atoms with Crippen LogP contribution in [0, 0.1) is 0 Å². The van der Waals surface area contributed by atoms with E-state index in [2.05, 4.69) is 24.2 Å². The Morgan fingerprint density at radius 1 is 1.33 bits per heavy atom. The van der Waals surface area contributed by atoms with Crippen LogP contribution in [0.4, 0.5) is 0 Å². The molecule has 3 heteroatoms. The van der Waals surface area contributed by atoms with Gasteiger partial charge in [-0.2, -0.15) is 0 Å². The minimum absolute atomic E-state index is 0.418. The largest absolute Gasteiger partial charge is 0.377 e. The molecule has 88 valence electrons. The second-order valence-corrected chi connectivity index (χ2v) is 4.98. The van der Waals surface area contributed by atoms with Gasteiger partial charge in [-0.25, -0.2) is 0 Å². The highest BCUT2D eigenvalue weighted by Crippen LogP contribution is 2.25. The molecule has 2 aliphatic rings. The van der Waals surface area contributed by atoms with E-state index in [1.54, 1.807) is 0 Å². The first-order valence-electron chi connectivity index (χ1n) is 6.32. The van der Waals surface area contributed by atoms with Crippen LogP contribution in [0.5, 0.6) is 0 Å². The molecule has 1 aliphatic carbocycles. The van der Waals surface area contributed by atoms with Crippen molar-refractivity contribution in [3.05, 3.63) is 0 Å². The molecule has 0 amide bonds. The van der Waals surface area contributed by atoms with Gasteiger partial charge in [-0.3, -0.25) is 4.90 Å². The Morgan fingerprint density at radius 2 is 2.20 bits per heavy atom. The van der Waals surface area contributed by atoms with Crippen molar-refractivity contribution in [2.24, 2.45) is 0 Å². The Bertz CT molecular complexity index is 198. The highest BCUT2D eigenvalue weighted by atomic mass is 16.5. The average Bonchev–Trinajstić information content (AvgIpc) is 2.61. The molecule has 3 nitrogen and oxygen atoms in total. The van der Waals surface area contributed by atoms with Gasteiger partial charge in [0.1, 0.15) is 0 Å². The van der Waals surface area contributed by atoms with Gasteiger partial charge in [0.25, 0.3) is 0 Å². The maximum atomic E-state index is 5.69. The van der Waals surface area contributed by atoms with Crippen molar-refractivity contribution in [3.63, 3.8) is 0 Å². The van der Waals surface area contributed by atoms with Gasteiger partial charge in [0.2, 0.25) is 0 Å².